The molecule has 2 aromatic carbocycles. The van der Waals surface area contributed by atoms with Crippen LogP contribution < -0.4 is 19.7 Å². The van der Waals surface area contributed by atoms with Crippen LogP contribution >= 0.6 is 0 Å². The fraction of sp³-hybridized carbons (Fsp3) is 0.500. The maximum absolute atomic E-state index is 13.4. The van der Waals surface area contributed by atoms with Crippen molar-refractivity contribution in [3.63, 3.8) is 0 Å². The summed E-state index contributed by atoms with van der Waals surface area (Å²) in [5.41, 5.74) is 1.74. The highest BCUT2D eigenvalue weighted by molar-refractivity contribution is 5.88. The lowest BCUT2D eigenvalue weighted by molar-refractivity contribution is -0.130. The zero-order chi connectivity index (χ0) is 23.1. The van der Waals surface area contributed by atoms with Crippen molar-refractivity contribution in [1.82, 2.24) is 10.2 Å². The smallest absolute Gasteiger partial charge is 0.230 e. The average molecular weight is 454 g/mol. The molecule has 2 fully saturated rings. The molecule has 0 bridgehead atoms. The lowest BCUT2D eigenvalue weighted by Crippen LogP contribution is -2.51. The van der Waals surface area contributed by atoms with Crippen LogP contribution in [0.25, 0.3) is 0 Å². The molecule has 2 aliphatic rings. The first-order valence-electron chi connectivity index (χ1n) is 11.8. The van der Waals surface area contributed by atoms with E-state index in [4.69, 9.17) is 14.2 Å². The Morgan fingerprint density at radius 2 is 1.48 bits per heavy atom. The Kier molecular flexibility index (Phi) is 7.73. The molecule has 0 spiro atoms. The zero-order valence-electron chi connectivity index (χ0n) is 19.7. The SMILES string of the molecule is COc1ccc(N2CCN(CCNC(=O)C3(c4ccc(OC)cc4)CCOCC3)CC2)cc1. The van der Waals surface area contributed by atoms with E-state index in [1.807, 2.05) is 36.4 Å². The molecule has 0 saturated carbocycles. The second-order valence-corrected chi connectivity index (χ2v) is 8.71. The van der Waals surface area contributed by atoms with Crippen LogP contribution in [0.4, 0.5) is 5.69 Å². The van der Waals surface area contributed by atoms with E-state index in [0.717, 1.165) is 49.8 Å². The van der Waals surface area contributed by atoms with Crippen molar-refractivity contribution in [2.75, 3.05) is 71.6 Å². The van der Waals surface area contributed by atoms with Gasteiger partial charge in [0.1, 0.15) is 11.5 Å². The normalized spacial score (nSPS) is 18.5. The van der Waals surface area contributed by atoms with Crippen molar-refractivity contribution in [3.8, 4) is 11.5 Å². The molecule has 2 aromatic rings. The maximum atomic E-state index is 13.4. The molecular weight excluding hydrogens is 418 g/mol. The van der Waals surface area contributed by atoms with Gasteiger partial charge in [-0.25, -0.2) is 0 Å². The van der Waals surface area contributed by atoms with Crippen LogP contribution in [0.5, 0.6) is 11.5 Å². The molecule has 2 saturated heterocycles. The van der Waals surface area contributed by atoms with Gasteiger partial charge in [-0.1, -0.05) is 12.1 Å². The third kappa shape index (κ3) is 5.42. The number of piperazine rings is 1. The molecule has 2 aliphatic heterocycles. The lowest BCUT2D eigenvalue weighted by atomic mass is 9.73. The number of amides is 1. The van der Waals surface area contributed by atoms with Crippen LogP contribution in [0.15, 0.2) is 48.5 Å². The molecule has 7 nitrogen and oxygen atoms in total. The Morgan fingerprint density at radius 1 is 0.909 bits per heavy atom. The summed E-state index contributed by atoms with van der Waals surface area (Å²) in [5.74, 6) is 1.79. The molecule has 0 unspecified atom stereocenters. The van der Waals surface area contributed by atoms with Crippen molar-refractivity contribution in [3.05, 3.63) is 54.1 Å². The number of nitrogens with one attached hydrogen (secondary N) is 1. The fourth-order valence-corrected chi connectivity index (χ4v) is 4.80. The van der Waals surface area contributed by atoms with Crippen LogP contribution in [-0.2, 0) is 14.9 Å². The molecule has 33 heavy (non-hydrogen) atoms. The maximum Gasteiger partial charge on any atom is 0.230 e. The molecule has 7 heteroatoms. The number of nitrogens with zero attached hydrogens (tertiary/aromatic N) is 2. The molecule has 1 N–H and O–H groups in total. The highest BCUT2D eigenvalue weighted by Gasteiger charge is 2.41. The summed E-state index contributed by atoms with van der Waals surface area (Å²) >= 11 is 0. The van der Waals surface area contributed by atoms with E-state index in [-0.39, 0.29) is 5.91 Å². The highest BCUT2D eigenvalue weighted by atomic mass is 16.5. The number of rotatable bonds is 8. The van der Waals surface area contributed by atoms with Crippen LogP contribution in [-0.4, -0.2) is 77.5 Å². The number of hydrogen-bond acceptors (Lipinski definition) is 6. The Labute approximate surface area is 196 Å². The number of methoxy groups -OCH3 is 2. The molecule has 0 aliphatic carbocycles. The summed E-state index contributed by atoms with van der Waals surface area (Å²) in [7, 11) is 3.34. The Bertz CT molecular complexity index is 887. The van der Waals surface area contributed by atoms with Gasteiger partial charge in [0.25, 0.3) is 0 Å². The monoisotopic (exact) mass is 453 g/mol. The number of ether oxygens (including phenoxy) is 3. The second kappa shape index (κ2) is 10.9. The summed E-state index contributed by atoms with van der Waals surface area (Å²) in [6, 6.07) is 16.1. The number of hydrogen-bond donors (Lipinski definition) is 1. The van der Waals surface area contributed by atoms with E-state index in [1.54, 1.807) is 14.2 Å². The predicted molar refractivity (Wildman–Crippen MR) is 129 cm³/mol. The van der Waals surface area contributed by atoms with Crippen LogP contribution in [0.1, 0.15) is 18.4 Å². The zero-order valence-corrected chi connectivity index (χ0v) is 19.7. The quantitative estimate of drug-likeness (QED) is 0.663. The number of benzene rings is 2. The van der Waals surface area contributed by atoms with Gasteiger partial charge in [0, 0.05) is 58.2 Å². The third-order valence-electron chi connectivity index (χ3n) is 6.95. The van der Waals surface area contributed by atoms with Gasteiger partial charge < -0.3 is 24.4 Å². The van der Waals surface area contributed by atoms with Crippen molar-refractivity contribution >= 4 is 11.6 Å². The van der Waals surface area contributed by atoms with Gasteiger partial charge in [0.15, 0.2) is 0 Å². The minimum Gasteiger partial charge on any atom is -0.497 e. The van der Waals surface area contributed by atoms with Gasteiger partial charge in [0.2, 0.25) is 5.91 Å². The van der Waals surface area contributed by atoms with E-state index in [0.29, 0.717) is 32.6 Å². The summed E-state index contributed by atoms with van der Waals surface area (Å²) < 4.78 is 16.1. The van der Waals surface area contributed by atoms with Crippen LogP contribution in [0.2, 0.25) is 0 Å². The lowest BCUT2D eigenvalue weighted by Gasteiger charge is -2.38. The molecule has 2 heterocycles. The van der Waals surface area contributed by atoms with Gasteiger partial charge in [-0.2, -0.15) is 0 Å². The molecule has 1 amide bonds. The first kappa shape index (κ1) is 23.4. The first-order valence-corrected chi connectivity index (χ1v) is 11.8. The second-order valence-electron chi connectivity index (χ2n) is 8.71. The van der Waals surface area contributed by atoms with E-state index < -0.39 is 5.41 Å². The molecular formula is C26H35N3O4. The highest BCUT2D eigenvalue weighted by Crippen LogP contribution is 2.36. The predicted octanol–water partition coefficient (Wildman–Crippen LogP) is 2.69. The van der Waals surface area contributed by atoms with E-state index >= 15 is 0 Å². The van der Waals surface area contributed by atoms with Gasteiger partial charge in [0.05, 0.1) is 19.6 Å². The van der Waals surface area contributed by atoms with E-state index in [1.165, 1.54) is 5.69 Å². The number of carbonyl (C=O) groups excluding carboxylic acids is 1. The topological polar surface area (TPSA) is 63.3 Å². The Hall–Kier alpha value is -2.77. The van der Waals surface area contributed by atoms with Crippen molar-refractivity contribution in [1.29, 1.82) is 0 Å². The van der Waals surface area contributed by atoms with E-state index in [2.05, 4.69) is 27.2 Å². The van der Waals surface area contributed by atoms with Gasteiger partial charge >= 0.3 is 0 Å². The minimum atomic E-state index is -0.530. The van der Waals surface area contributed by atoms with Gasteiger partial charge in [-0.15, -0.1) is 0 Å². The average Bonchev–Trinajstić information content (AvgIpc) is 2.89. The van der Waals surface area contributed by atoms with Gasteiger partial charge in [-0.3, -0.25) is 9.69 Å². The fourth-order valence-electron chi connectivity index (χ4n) is 4.80. The van der Waals surface area contributed by atoms with Crippen LogP contribution in [0.3, 0.4) is 0 Å². The Balaban J connectivity index is 1.28. The minimum absolute atomic E-state index is 0.104. The number of anilines is 1. The van der Waals surface area contributed by atoms with Crippen molar-refractivity contribution in [2.24, 2.45) is 0 Å². The van der Waals surface area contributed by atoms with Crippen molar-refractivity contribution < 1.29 is 19.0 Å². The number of carbonyl (C=O) groups is 1. The molecule has 178 valence electrons. The molecule has 0 aromatic heterocycles. The first-order chi connectivity index (χ1) is 16.1. The summed E-state index contributed by atoms with van der Waals surface area (Å²) in [4.78, 5) is 18.2. The van der Waals surface area contributed by atoms with Gasteiger partial charge in [-0.05, 0) is 54.8 Å². The summed E-state index contributed by atoms with van der Waals surface area (Å²) in [5, 5.41) is 3.23. The summed E-state index contributed by atoms with van der Waals surface area (Å²) in [6.07, 6.45) is 1.40. The molecule has 0 radical (unpaired) electrons. The molecule has 4 rings (SSSR count). The van der Waals surface area contributed by atoms with Crippen LogP contribution in [0, 0.1) is 0 Å². The van der Waals surface area contributed by atoms with Crippen molar-refractivity contribution in [2.45, 2.75) is 18.3 Å². The summed E-state index contributed by atoms with van der Waals surface area (Å²) in [6.45, 7) is 6.65. The van der Waals surface area contributed by atoms with E-state index in [9.17, 15) is 4.79 Å². The Morgan fingerprint density at radius 3 is 2.06 bits per heavy atom. The standard InChI is InChI=1S/C26H35N3O4/c1-31-23-7-3-21(4-8-23)26(11-19-33-20-12-26)25(30)27-13-14-28-15-17-29(18-16-28)22-5-9-24(32-2)10-6-22/h3-10H,11-20H2,1-2H3,(H,27,30). The third-order valence-corrected chi connectivity index (χ3v) is 6.95. The molecule has 0 atom stereocenters. The largest absolute Gasteiger partial charge is 0.497 e.